The molecule has 0 radical (unpaired) electrons. The molecule has 0 atom stereocenters. The van der Waals surface area contributed by atoms with Crippen molar-refractivity contribution in [1.29, 1.82) is 0 Å². The highest BCUT2D eigenvalue weighted by Crippen LogP contribution is 2.38. The first kappa shape index (κ1) is 45.2. The minimum absolute atomic E-state index is 0.0604. The van der Waals surface area contributed by atoms with Crippen molar-refractivity contribution in [3.63, 3.8) is 0 Å². The SMILES string of the molecule is CC(C)c1cc(-c2ccccc2)cc(C(C)C)c1N.CC(C)c1cc(-c2ccccc2)cc(C(C)C)c1NC(=O)c1cccc(I)c1.O=C(O)c1cccc(I)c1. The molecule has 6 aromatic carbocycles. The van der Waals surface area contributed by atoms with Gasteiger partial charge in [0, 0.05) is 24.1 Å². The van der Waals surface area contributed by atoms with Gasteiger partial charge in [-0.15, -0.1) is 0 Å². The number of carbonyl (C=O) groups excluding carboxylic acids is 1. The molecule has 0 aliphatic rings. The fourth-order valence-corrected chi connectivity index (χ4v) is 7.51. The fraction of sp³-hybridized carbons (Fsp3) is 0.240. The van der Waals surface area contributed by atoms with Gasteiger partial charge in [0.15, 0.2) is 0 Å². The molecule has 0 saturated carbocycles. The maximum atomic E-state index is 13.0. The van der Waals surface area contributed by atoms with Crippen molar-refractivity contribution in [3.8, 4) is 22.3 Å². The first-order chi connectivity index (χ1) is 27.1. The number of nitrogens with two attached hydrogens (primary N) is 1. The summed E-state index contributed by atoms with van der Waals surface area (Å²) in [5.41, 5.74) is 19.0. The van der Waals surface area contributed by atoms with Crippen LogP contribution in [0.15, 0.2) is 133 Å². The summed E-state index contributed by atoms with van der Waals surface area (Å²) in [7, 11) is 0. The van der Waals surface area contributed by atoms with Gasteiger partial charge >= 0.3 is 5.97 Å². The Morgan fingerprint density at radius 1 is 0.491 bits per heavy atom. The molecule has 296 valence electrons. The molecule has 0 bridgehead atoms. The summed E-state index contributed by atoms with van der Waals surface area (Å²) in [5, 5.41) is 11.7. The van der Waals surface area contributed by atoms with E-state index in [0.29, 0.717) is 34.8 Å². The summed E-state index contributed by atoms with van der Waals surface area (Å²) in [6, 6.07) is 44.3. The number of amides is 1. The molecular formula is C50H54I2N2O3. The van der Waals surface area contributed by atoms with Crippen LogP contribution >= 0.6 is 45.2 Å². The van der Waals surface area contributed by atoms with Gasteiger partial charge in [-0.1, -0.05) is 128 Å². The van der Waals surface area contributed by atoms with Crippen LogP contribution in [0.25, 0.3) is 22.3 Å². The van der Waals surface area contributed by atoms with Crippen LogP contribution in [-0.4, -0.2) is 17.0 Å². The molecule has 6 aromatic rings. The lowest BCUT2D eigenvalue weighted by Crippen LogP contribution is -2.16. The van der Waals surface area contributed by atoms with E-state index < -0.39 is 5.97 Å². The minimum Gasteiger partial charge on any atom is -0.478 e. The zero-order valence-corrected chi connectivity index (χ0v) is 38.4. The number of nitrogens with one attached hydrogen (secondary N) is 1. The van der Waals surface area contributed by atoms with Gasteiger partial charge in [-0.25, -0.2) is 4.79 Å². The molecule has 0 saturated heterocycles. The number of carboxylic acids is 1. The van der Waals surface area contributed by atoms with Gasteiger partial charge in [-0.3, -0.25) is 4.79 Å². The van der Waals surface area contributed by atoms with E-state index in [-0.39, 0.29) is 5.91 Å². The van der Waals surface area contributed by atoms with Crippen LogP contribution in [0.5, 0.6) is 0 Å². The smallest absolute Gasteiger partial charge is 0.335 e. The Labute approximate surface area is 366 Å². The molecule has 0 aromatic heterocycles. The van der Waals surface area contributed by atoms with Crippen molar-refractivity contribution >= 4 is 68.4 Å². The van der Waals surface area contributed by atoms with Crippen molar-refractivity contribution in [1.82, 2.24) is 0 Å². The molecule has 1 amide bonds. The van der Waals surface area contributed by atoms with Gasteiger partial charge in [0.05, 0.1) is 5.56 Å². The molecule has 0 fully saturated rings. The second-order valence-electron chi connectivity index (χ2n) is 15.2. The molecule has 57 heavy (non-hydrogen) atoms. The van der Waals surface area contributed by atoms with Gasteiger partial charge in [0.25, 0.3) is 5.91 Å². The Balaban J connectivity index is 0.000000213. The number of hydrogen-bond donors (Lipinski definition) is 3. The van der Waals surface area contributed by atoms with Crippen molar-refractivity contribution in [2.24, 2.45) is 0 Å². The highest BCUT2D eigenvalue weighted by molar-refractivity contribution is 14.1. The lowest BCUT2D eigenvalue weighted by molar-refractivity contribution is 0.0696. The molecule has 6 rings (SSSR count). The predicted molar refractivity (Wildman–Crippen MR) is 258 cm³/mol. The van der Waals surface area contributed by atoms with E-state index in [1.165, 1.54) is 44.5 Å². The number of aromatic carboxylic acids is 1. The molecule has 0 spiro atoms. The molecule has 5 nitrogen and oxygen atoms in total. The average molecular weight is 985 g/mol. The number of halogens is 2. The van der Waals surface area contributed by atoms with E-state index in [2.05, 4.69) is 179 Å². The van der Waals surface area contributed by atoms with E-state index >= 15 is 0 Å². The van der Waals surface area contributed by atoms with E-state index in [1.807, 2.05) is 42.5 Å². The van der Waals surface area contributed by atoms with Crippen LogP contribution in [-0.2, 0) is 0 Å². The molecule has 0 heterocycles. The van der Waals surface area contributed by atoms with Crippen LogP contribution in [0.3, 0.4) is 0 Å². The topological polar surface area (TPSA) is 92.4 Å². The van der Waals surface area contributed by atoms with Crippen molar-refractivity contribution in [3.05, 3.63) is 174 Å². The second kappa shape index (κ2) is 21.3. The van der Waals surface area contributed by atoms with E-state index in [1.54, 1.807) is 18.2 Å². The second-order valence-corrected chi connectivity index (χ2v) is 17.7. The molecule has 7 heteroatoms. The number of rotatable bonds is 9. The minimum atomic E-state index is -0.876. The number of anilines is 2. The zero-order chi connectivity index (χ0) is 41.8. The van der Waals surface area contributed by atoms with Crippen LogP contribution in [0.4, 0.5) is 11.4 Å². The standard InChI is InChI=1S/C25H26INO.C18H23N.C7H5IO2/c1-16(2)22-14-20(18-9-6-5-7-10-18)15-23(17(3)4)24(22)27-25(28)19-11-8-12-21(26)13-19;1-12(2)16-10-15(14-8-6-5-7-9-14)11-17(13(3)4)18(16)19;8-6-3-1-2-5(4-6)7(9)10/h5-17H,1-4H3,(H,27,28);5-13H,19H2,1-4H3;1-4H,(H,9,10). The molecule has 4 N–H and O–H groups in total. The predicted octanol–water partition coefficient (Wildman–Crippen LogP) is 14.6. The normalized spacial score (nSPS) is 10.8. The third-order valence-electron chi connectivity index (χ3n) is 9.54. The van der Waals surface area contributed by atoms with Gasteiger partial charge in [-0.05, 0) is 174 Å². The number of benzene rings is 6. The maximum Gasteiger partial charge on any atom is 0.335 e. The molecule has 0 unspecified atom stereocenters. The van der Waals surface area contributed by atoms with Crippen LogP contribution in [0.2, 0.25) is 0 Å². The summed E-state index contributed by atoms with van der Waals surface area (Å²) in [5.74, 6) is 0.551. The quantitative estimate of drug-likeness (QED) is 0.0994. The third kappa shape index (κ3) is 12.8. The van der Waals surface area contributed by atoms with E-state index in [0.717, 1.165) is 18.5 Å². The van der Waals surface area contributed by atoms with Crippen LogP contribution < -0.4 is 11.1 Å². The van der Waals surface area contributed by atoms with Crippen LogP contribution in [0, 0.1) is 7.14 Å². The first-order valence-electron chi connectivity index (χ1n) is 19.3. The number of carbonyl (C=O) groups is 2. The Bertz CT molecular complexity index is 2210. The lowest BCUT2D eigenvalue weighted by Gasteiger charge is -2.22. The van der Waals surface area contributed by atoms with Crippen molar-refractivity contribution in [2.45, 2.75) is 79.1 Å². The summed E-state index contributed by atoms with van der Waals surface area (Å²) in [6.45, 7) is 17.5. The van der Waals surface area contributed by atoms with Gasteiger partial charge in [0.2, 0.25) is 0 Å². The van der Waals surface area contributed by atoms with E-state index in [9.17, 15) is 9.59 Å². The Kier molecular flexibility index (Phi) is 16.9. The van der Waals surface area contributed by atoms with Gasteiger partial charge < -0.3 is 16.2 Å². The fourth-order valence-electron chi connectivity index (χ4n) is 6.43. The summed E-state index contributed by atoms with van der Waals surface area (Å²) < 4.78 is 2.00. The highest BCUT2D eigenvalue weighted by Gasteiger charge is 2.20. The molecular weight excluding hydrogens is 930 g/mol. The van der Waals surface area contributed by atoms with E-state index in [4.69, 9.17) is 10.8 Å². The number of hydrogen-bond acceptors (Lipinski definition) is 3. The Morgan fingerprint density at radius 3 is 1.21 bits per heavy atom. The first-order valence-corrected chi connectivity index (χ1v) is 21.5. The summed E-state index contributed by atoms with van der Waals surface area (Å²) >= 11 is 4.31. The summed E-state index contributed by atoms with van der Waals surface area (Å²) in [6.07, 6.45) is 0. The van der Waals surface area contributed by atoms with Gasteiger partial charge in [0.1, 0.15) is 0 Å². The monoisotopic (exact) mass is 984 g/mol. The Morgan fingerprint density at radius 2 is 0.860 bits per heavy atom. The van der Waals surface area contributed by atoms with Crippen molar-refractivity contribution in [2.75, 3.05) is 11.1 Å². The highest BCUT2D eigenvalue weighted by atomic mass is 127. The molecule has 0 aliphatic carbocycles. The zero-order valence-electron chi connectivity index (χ0n) is 34.1. The maximum absolute atomic E-state index is 13.0. The van der Waals surface area contributed by atoms with Gasteiger partial charge in [-0.2, -0.15) is 0 Å². The molecule has 0 aliphatic heterocycles. The summed E-state index contributed by atoms with van der Waals surface area (Å²) in [4.78, 5) is 23.3. The average Bonchev–Trinajstić information content (AvgIpc) is 3.18. The third-order valence-corrected chi connectivity index (χ3v) is 10.9. The van der Waals surface area contributed by atoms with Crippen LogP contribution in [0.1, 0.15) is 122 Å². The van der Waals surface area contributed by atoms with Crippen molar-refractivity contribution < 1.29 is 14.7 Å². The largest absolute Gasteiger partial charge is 0.478 e. The Hall–Kier alpha value is -4.48. The lowest BCUT2D eigenvalue weighted by atomic mass is 9.88. The number of carboxylic acid groups (broad SMARTS) is 1. The number of nitrogen functional groups attached to an aromatic ring is 1.